The van der Waals surface area contributed by atoms with Gasteiger partial charge in [-0.05, 0) is 24.3 Å². The molecule has 0 aliphatic rings. The van der Waals surface area contributed by atoms with Gasteiger partial charge in [-0.2, -0.15) is 0 Å². The molecule has 0 aromatic heterocycles. The van der Waals surface area contributed by atoms with Crippen molar-refractivity contribution in [3.05, 3.63) is 60.2 Å². The number of carbonyl (C=O) groups is 2. The van der Waals surface area contributed by atoms with E-state index in [1.807, 2.05) is 30.3 Å². The van der Waals surface area contributed by atoms with Crippen LogP contribution in [0.25, 0.3) is 0 Å². The van der Waals surface area contributed by atoms with Gasteiger partial charge in [0.25, 0.3) is 0 Å². The summed E-state index contributed by atoms with van der Waals surface area (Å²) in [6, 6.07) is 12.3. The van der Waals surface area contributed by atoms with E-state index in [0.29, 0.717) is 0 Å². The van der Waals surface area contributed by atoms with Crippen molar-refractivity contribution in [3.8, 4) is 0 Å². The van der Waals surface area contributed by atoms with E-state index in [-0.39, 0.29) is 24.7 Å². The Morgan fingerprint density at radius 2 is 1.71 bits per heavy atom. The second-order valence-corrected chi connectivity index (χ2v) is 5.15. The Labute approximate surface area is 138 Å². The Kier molecular flexibility index (Phi) is 5.83. The molecule has 24 heavy (non-hydrogen) atoms. The predicted octanol–water partition coefficient (Wildman–Crippen LogP) is 2.16. The average Bonchev–Trinajstić information content (AvgIpc) is 2.57. The lowest BCUT2D eigenvalue weighted by Crippen LogP contribution is -2.39. The number of halogens is 2. The van der Waals surface area contributed by atoms with Crippen LogP contribution in [0.15, 0.2) is 48.5 Å². The Balaban J connectivity index is 1.78. The quantitative estimate of drug-likeness (QED) is 0.852. The van der Waals surface area contributed by atoms with Crippen molar-refractivity contribution in [1.29, 1.82) is 0 Å². The molecular formula is C17H17F2N3O2. The van der Waals surface area contributed by atoms with Crippen LogP contribution in [0.1, 0.15) is 0 Å². The predicted molar refractivity (Wildman–Crippen MR) is 87.7 cm³/mol. The van der Waals surface area contributed by atoms with Crippen molar-refractivity contribution in [2.75, 3.05) is 30.4 Å². The summed E-state index contributed by atoms with van der Waals surface area (Å²) in [7, 11) is 1.76. The molecule has 0 aliphatic heterocycles. The Hall–Kier alpha value is -2.96. The molecule has 0 radical (unpaired) electrons. The van der Waals surface area contributed by atoms with Crippen molar-refractivity contribution in [1.82, 2.24) is 5.32 Å². The van der Waals surface area contributed by atoms with Crippen LogP contribution in [-0.4, -0.2) is 32.0 Å². The summed E-state index contributed by atoms with van der Waals surface area (Å²) in [6.07, 6.45) is 0. The number of benzene rings is 2. The monoisotopic (exact) mass is 333 g/mol. The van der Waals surface area contributed by atoms with Crippen LogP contribution >= 0.6 is 0 Å². The van der Waals surface area contributed by atoms with Crippen molar-refractivity contribution in [3.63, 3.8) is 0 Å². The average molecular weight is 333 g/mol. The number of carbonyl (C=O) groups excluding carboxylic acids is 2. The summed E-state index contributed by atoms with van der Waals surface area (Å²) >= 11 is 0. The molecule has 0 saturated heterocycles. The maximum atomic E-state index is 13.0. The fraction of sp³-hybridized carbons (Fsp3) is 0.176. The largest absolute Gasteiger partial charge is 0.365 e. The third kappa shape index (κ3) is 5.05. The second-order valence-electron chi connectivity index (χ2n) is 5.15. The van der Waals surface area contributed by atoms with Crippen molar-refractivity contribution in [2.24, 2.45) is 0 Å². The van der Waals surface area contributed by atoms with Gasteiger partial charge in [0.15, 0.2) is 11.6 Å². The number of anilines is 2. The number of hydrogen-bond donors (Lipinski definition) is 2. The molecule has 0 aliphatic carbocycles. The van der Waals surface area contributed by atoms with Crippen LogP contribution in [0.3, 0.4) is 0 Å². The summed E-state index contributed by atoms with van der Waals surface area (Å²) in [5, 5.41) is 4.85. The number of rotatable bonds is 6. The summed E-state index contributed by atoms with van der Waals surface area (Å²) in [4.78, 5) is 25.3. The van der Waals surface area contributed by atoms with Gasteiger partial charge in [0.2, 0.25) is 11.8 Å². The molecule has 2 amide bonds. The lowest BCUT2D eigenvalue weighted by atomic mass is 10.3. The SMILES string of the molecule is CN(CC(=O)NCC(=O)Nc1ccc(F)c(F)c1)c1ccccc1. The molecule has 2 aromatic rings. The van der Waals surface area contributed by atoms with E-state index in [0.717, 1.165) is 17.8 Å². The zero-order chi connectivity index (χ0) is 17.5. The highest BCUT2D eigenvalue weighted by atomic mass is 19.2. The van der Waals surface area contributed by atoms with Crippen molar-refractivity contribution >= 4 is 23.2 Å². The van der Waals surface area contributed by atoms with Crippen molar-refractivity contribution < 1.29 is 18.4 Å². The maximum Gasteiger partial charge on any atom is 0.243 e. The first-order chi connectivity index (χ1) is 11.5. The van der Waals surface area contributed by atoms with Crippen LogP contribution in [-0.2, 0) is 9.59 Å². The normalized spacial score (nSPS) is 10.1. The van der Waals surface area contributed by atoms with E-state index in [2.05, 4.69) is 10.6 Å². The molecule has 2 N–H and O–H groups in total. The zero-order valence-electron chi connectivity index (χ0n) is 13.1. The standard InChI is InChI=1S/C17H17F2N3O2/c1-22(13-5-3-2-4-6-13)11-17(24)20-10-16(23)21-12-7-8-14(18)15(19)9-12/h2-9H,10-11H2,1H3,(H,20,24)(H,21,23). The molecule has 0 spiro atoms. The minimum Gasteiger partial charge on any atom is -0.365 e. The van der Waals surface area contributed by atoms with E-state index in [1.54, 1.807) is 11.9 Å². The minimum atomic E-state index is -1.05. The molecular weight excluding hydrogens is 316 g/mol. The molecule has 0 fully saturated rings. The summed E-state index contributed by atoms with van der Waals surface area (Å²) in [6.45, 7) is -0.178. The molecule has 2 aromatic carbocycles. The minimum absolute atomic E-state index is 0.0858. The van der Waals surface area contributed by atoms with Gasteiger partial charge in [-0.25, -0.2) is 8.78 Å². The number of likely N-dealkylation sites (N-methyl/N-ethyl adjacent to an activating group) is 1. The molecule has 0 bridgehead atoms. The summed E-state index contributed by atoms with van der Waals surface area (Å²) in [5.74, 6) is -2.91. The fourth-order valence-electron chi connectivity index (χ4n) is 2.00. The highest BCUT2D eigenvalue weighted by Gasteiger charge is 2.10. The number of nitrogens with zero attached hydrogens (tertiary/aromatic N) is 1. The van der Waals surface area contributed by atoms with Crippen LogP contribution in [0, 0.1) is 11.6 Å². The Bertz CT molecular complexity index is 723. The van der Waals surface area contributed by atoms with Gasteiger partial charge in [-0.3, -0.25) is 9.59 Å². The van der Waals surface area contributed by atoms with E-state index in [4.69, 9.17) is 0 Å². The number of para-hydroxylation sites is 1. The molecule has 5 nitrogen and oxygen atoms in total. The number of amides is 2. The topological polar surface area (TPSA) is 61.4 Å². The maximum absolute atomic E-state index is 13.0. The Morgan fingerprint density at radius 1 is 1.00 bits per heavy atom. The lowest BCUT2D eigenvalue weighted by Gasteiger charge is -2.18. The van der Waals surface area contributed by atoms with E-state index >= 15 is 0 Å². The van der Waals surface area contributed by atoms with Gasteiger partial charge in [-0.1, -0.05) is 18.2 Å². The highest BCUT2D eigenvalue weighted by molar-refractivity contribution is 5.95. The molecule has 2 rings (SSSR count). The first-order valence-electron chi connectivity index (χ1n) is 7.23. The highest BCUT2D eigenvalue weighted by Crippen LogP contribution is 2.13. The fourth-order valence-corrected chi connectivity index (χ4v) is 2.00. The van der Waals surface area contributed by atoms with Gasteiger partial charge >= 0.3 is 0 Å². The van der Waals surface area contributed by atoms with Crippen LogP contribution in [0.5, 0.6) is 0 Å². The Morgan fingerprint density at radius 3 is 2.38 bits per heavy atom. The number of hydrogen-bond acceptors (Lipinski definition) is 3. The second kappa shape index (κ2) is 8.05. The first kappa shape index (κ1) is 17.4. The van der Waals surface area contributed by atoms with Gasteiger partial charge in [0, 0.05) is 24.5 Å². The number of nitrogens with one attached hydrogen (secondary N) is 2. The molecule has 0 saturated carbocycles. The summed E-state index contributed by atoms with van der Waals surface area (Å²) < 4.78 is 25.8. The summed E-state index contributed by atoms with van der Waals surface area (Å²) in [5.41, 5.74) is 0.994. The molecule has 0 heterocycles. The molecule has 0 unspecified atom stereocenters. The van der Waals surface area contributed by atoms with E-state index in [9.17, 15) is 18.4 Å². The lowest BCUT2D eigenvalue weighted by molar-refractivity contribution is -0.123. The van der Waals surface area contributed by atoms with Crippen LogP contribution in [0.2, 0.25) is 0 Å². The van der Waals surface area contributed by atoms with Gasteiger partial charge in [-0.15, -0.1) is 0 Å². The molecule has 126 valence electrons. The van der Waals surface area contributed by atoms with Crippen molar-refractivity contribution in [2.45, 2.75) is 0 Å². The van der Waals surface area contributed by atoms with Gasteiger partial charge in [0.1, 0.15) is 0 Å². The van der Waals surface area contributed by atoms with Gasteiger partial charge in [0.05, 0.1) is 13.1 Å². The third-order valence-electron chi connectivity index (χ3n) is 3.23. The van der Waals surface area contributed by atoms with E-state index in [1.165, 1.54) is 6.07 Å². The zero-order valence-corrected chi connectivity index (χ0v) is 13.1. The smallest absolute Gasteiger partial charge is 0.243 e. The third-order valence-corrected chi connectivity index (χ3v) is 3.23. The first-order valence-corrected chi connectivity index (χ1v) is 7.23. The van der Waals surface area contributed by atoms with E-state index < -0.39 is 17.5 Å². The molecule has 7 heteroatoms. The van der Waals surface area contributed by atoms with Gasteiger partial charge < -0.3 is 15.5 Å². The molecule has 0 atom stereocenters. The van der Waals surface area contributed by atoms with Crippen LogP contribution in [0.4, 0.5) is 20.2 Å². The van der Waals surface area contributed by atoms with Crippen LogP contribution < -0.4 is 15.5 Å².